The number of primary amides is 1. The van der Waals surface area contributed by atoms with Gasteiger partial charge in [-0.1, -0.05) is 26.0 Å². The fourth-order valence-electron chi connectivity index (χ4n) is 3.19. The van der Waals surface area contributed by atoms with Crippen LogP contribution in [0.15, 0.2) is 35.0 Å². The van der Waals surface area contributed by atoms with Crippen LogP contribution >= 0.6 is 34.0 Å². The van der Waals surface area contributed by atoms with Crippen LogP contribution in [0.5, 0.6) is 0 Å². The molecule has 0 spiro atoms. The zero-order chi connectivity index (χ0) is 18.4. The Bertz CT molecular complexity index is 1090. The van der Waals surface area contributed by atoms with E-state index in [1.165, 1.54) is 11.3 Å². The minimum atomic E-state index is -0.508. The van der Waals surface area contributed by atoms with Crippen LogP contribution in [0, 0.1) is 0 Å². The van der Waals surface area contributed by atoms with E-state index in [-0.39, 0.29) is 5.92 Å². The topological polar surface area (TPSA) is 82.0 Å². The summed E-state index contributed by atoms with van der Waals surface area (Å²) in [6, 6.07) is 8.22. The first-order valence-corrected chi connectivity index (χ1v) is 10.7. The molecule has 7 heteroatoms. The highest BCUT2D eigenvalue weighted by molar-refractivity contribution is 7.21. The van der Waals surface area contributed by atoms with Gasteiger partial charge in [-0.2, -0.15) is 0 Å². The third-order valence-corrected chi connectivity index (χ3v) is 7.12. The molecule has 1 amide bonds. The molecule has 0 unspecified atom stereocenters. The van der Waals surface area contributed by atoms with Crippen molar-refractivity contribution in [2.75, 3.05) is 5.73 Å². The van der Waals surface area contributed by atoms with Gasteiger partial charge in [-0.25, -0.2) is 4.98 Å². The number of pyridine rings is 1. The van der Waals surface area contributed by atoms with Crippen molar-refractivity contribution in [3.63, 3.8) is 0 Å². The van der Waals surface area contributed by atoms with Gasteiger partial charge in [0, 0.05) is 15.8 Å². The van der Waals surface area contributed by atoms with Crippen molar-refractivity contribution < 1.29 is 4.79 Å². The largest absolute Gasteiger partial charge is 0.397 e. The van der Waals surface area contributed by atoms with Crippen LogP contribution in [0.25, 0.3) is 31.2 Å². The molecule has 4 rings (SSSR count). The molecule has 0 saturated carbocycles. The molecule has 0 fully saturated rings. The van der Waals surface area contributed by atoms with Crippen molar-refractivity contribution in [3.05, 3.63) is 45.5 Å². The van der Waals surface area contributed by atoms with Crippen molar-refractivity contribution in [3.8, 4) is 21.0 Å². The Kier molecular flexibility index (Phi) is 4.30. The van der Waals surface area contributed by atoms with Crippen LogP contribution < -0.4 is 11.5 Å². The molecule has 0 aliphatic carbocycles. The van der Waals surface area contributed by atoms with Gasteiger partial charge < -0.3 is 11.5 Å². The zero-order valence-corrected chi connectivity index (χ0v) is 16.7. The summed E-state index contributed by atoms with van der Waals surface area (Å²) in [6.07, 6.45) is 0. The molecule has 0 aromatic carbocycles. The van der Waals surface area contributed by atoms with Gasteiger partial charge in [0.15, 0.2) is 0 Å². The molecule has 4 nitrogen and oxygen atoms in total. The maximum absolute atomic E-state index is 11.9. The molecular formula is C19H17N3OS3. The minimum absolute atomic E-state index is 0.248. The molecule has 4 aromatic heterocycles. The second kappa shape index (κ2) is 6.50. The number of hydrogen-bond acceptors (Lipinski definition) is 6. The Balaban J connectivity index is 2.20. The van der Waals surface area contributed by atoms with Crippen molar-refractivity contribution >= 4 is 55.8 Å². The van der Waals surface area contributed by atoms with Gasteiger partial charge in [0.25, 0.3) is 5.91 Å². The van der Waals surface area contributed by atoms with E-state index in [0.717, 1.165) is 36.8 Å². The number of aromatic nitrogens is 1. The van der Waals surface area contributed by atoms with Gasteiger partial charge in [-0.15, -0.1) is 34.0 Å². The van der Waals surface area contributed by atoms with Crippen molar-refractivity contribution in [2.24, 2.45) is 5.73 Å². The van der Waals surface area contributed by atoms with E-state index in [2.05, 4.69) is 26.0 Å². The molecule has 4 heterocycles. The summed E-state index contributed by atoms with van der Waals surface area (Å²) in [5.41, 5.74) is 15.5. The Morgan fingerprint density at radius 3 is 2.31 bits per heavy atom. The lowest BCUT2D eigenvalue weighted by Gasteiger charge is -2.17. The smallest absolute Gasteiger partial charge is 0.260 e. The lowest BCUT2D eigenvalue weighted by atomic mass is 9.91. The molecule has 0 aliphatic rings. The van der Waals surface area contributed by atoms with Gasteiger partial charge in [0.1, 0.15) is 9.71 Å². The summed E-state index contributed by atoms with van der Waals surface area (Å²) in [5, 5.41) is 4.94. The van der Waals surface area contributed by atoms with E-state index in [0.29, 0.717) is 10.6 Å². The predicted octanol–water partition coefficient (Wildman–Crippen LogP) is 5.56. The molecule has 4 N–H and O–H groups in total. The first kappa shape index (κ1) is 17.2. The van der Waals surface area contributed by atoms with E-state index in [9.17, 15) is 4.79 Å². The van der Waals surface area contributed by atoms with Gasteiger partial charge in [-0.3, -0.25) is 4.79 Å². The standard InChI is InChI=1S/C19H17N3OS3/c1-9(2)12-13(10-5-3-7-24-10)14-15(20)17(18(21)23)26-19(14)22-16(12)11-6-4-8-25-11/h3-9H,20H2,1-2H3,(H2,21,23). The summed E-state index contributed by atoms with van der Waals surface area (Å²) in [7, 11) is 0. The van der Waals surface area contributed by atoms with Crippen LogP contribution in [0.3, 0.4) is 0 Å². The van der Waals surface area contributed by atoms with E-state index < -0.39 is 5.91 Å². The summed E-state index contributed by atoms with van der Waals surface area (Å²) in [6.45, 7) is 4.32. The fourth-order valence-corrected chi connectivity index (χ4v) is 5.67. The SMILES string of the molecule is CC(C)c1c(-c2cccs2)nc2sc(C(N)=O)c(N)c2c1-c1cccs1. The first-order valence-electron chi connectivity index (χ1n) is 8.12. The highest BCUT2D eigenvalue weighted by atomic mass is 32.1. The average Bonchev–Trinajstić information content (AvgIpc) is 3.34. The number of rotatable bonds is 4. The maximum atomic E-state index is 11.9. The average molecular weight is 400 g/mol. The number of nitrogens with zero attached hydrogens (tertiary/aromatic N) is 1. The molecule has 132 valence electrons. The quantitative estimate of drug-likeness (QED) is 0.471. The molecule has 0 radical (unpaired) electrons. The Labute approximate surface area is 163 Å². The molecular weight excluding hydrogens is 382 g/mol. The van der Waals surface area contributed by atoms with Crippen LogP contribution in [0.4, 0.5) is 5.69 Å². The lowest BCUT2D eigenvalue weighted by molar-refractivity contribution is 0.100. The van der Waals surface area contributed by atoms with E-state index in [4.69, 9.17) is 16.5 Å². The molecule has 0 aliphatic heterocycles. The highest BCUT2D eigenvalue weighted by Gasteiger charge is 2.26. The monoisotopic (exact) mass is 399 g/mol. The fraction of sp³-hybridized carbons (Fsp3) is 0.158. The van der Waals surface area contributed by atoms with Crippen LogP contribution in [-0.2, 0) is 0 Å². The Morgan fingerprint density at radius 2 is 1.77 bits per heavy atom. The lowest BCUT2D eigenvalue weighted by Crippen LogP contribution is -2.10. The van der Waals surface area contributed by atoms with Gasteiger partial charge in [0.05, 0.1) is 16.3 Å². The number of carbonyl (C=O) groups is 1. The number of carbonyl (C=O) groups excluding carboxylic acids is 1. The third-order valence-electron chi connectivity index (χ3n) is 4.24. The second-order valence-corrected chi connectivity index (χ2v) is 9.14. The van der Waals surface area contributed by atoms with Crippen molar-refractivity contribution in [1.29, 1.82) is 0 Å². The number of anilines is 1. The Hall–Kier alpha value is -2.22. The molecule has 0 saturated heterocycles. The van der Waals surface area contributed by atoms with E-state index in [1.807, 2.05) is 22.9 Å². The summed E-state index contributed by atoms with van der Waals surface area (Å²) in [5.74, 6) is -0.260. The van der Waals surface area contributed by atoms with Gasteiger partial charge >= 0.3 is 0 Å². The first-order chi connectivity index (χ1) is 12.5. The Morgan fingerprint density at radius 1 is 1.12 bits per heavy atom. The van der Waals surface area contributed by atoms with Crippen LogP contribution in [0.1, 0.15) is 35.0 Å². The van der Waals surface area contributed by atoms with E-state index in [1.54, 1.807) is 22.7 Å². The third kappa shape index (κ3) is 2.63. The molecule has 0 bridgehead atoms. The number of amides is 1. The number of fused-ring (bicyclic) bond motifs is 1. The molecule has 4 aromatic rings. The predicted molar refractivity (Wildman–Crippen MR) is 113 cm³/mol. The van der Waals surface area contributed by atoms with Crippen LogP contribution in [0.2, 0.25) is 0 Å². The van der Waals surface area contributed by atoms with Crippen molar-refractivity contribution in [2.45, 2.75) is 19.8 Å². The minimum Gasteiger partial charge on any atom is -0.397 e. The summed E-state index contributed by atoms with van der Waals surface area (Å²) in [4.78, 5) is 20.1. The van der Waals surface area contributed by atoms with Crippen molar-refractivity contribution in [1.82, 2.24) is 4.98 Å². The summed E-state index contributed by atoms with van der Waals surface area (Å²) >= 11 is 4.60. The van der Waals surface area contributed by atoms with Gasteiger partial charge in [0.2, 0.25) is 0 Å². The zero-order valence-electron chi connectivity index (χ0n) is 14.3. The number of hydrogen-bond donors (Lipinski definition) is 2. The highest BCUT2D eigenvalue weighted by Crippen LogP contribution is 2.47. The normalized spacial score (nSPS) is 11.5. The number of thiophene rings is 3. The molecule has 26 heavy (non-hydrogen) atoms. The number of nitrogen functional groups attached to an aromatic ring is 1. The number of nitrogens with two attached hydrogens (primary N) is 2. The molecule has 0 atom stereocenters. The maximum Gasteiger partial charge on any atom is 0.260 e. The summed E-state index contributed by atoms with van der Waals surface area (Å²) < 4.78 is 0. The van der Waals surface area contributed by atoms with E-state index >= 15 is 0 Å². The van der Waals surface area contributed by atoms with Crippen LogP contribution in [-0.4, -0.2) is 10.9 Å². The second-order valence-electron chi connectivity index (χ2n) is 6.25. The van der Waals surface area contributed by atoms with Gasteiger partial charge in [-0.05, 0) is 34.4 Å².